The van der Waals surface area contributed by atoms with Crippen molar-refractivity contribution >= 4 is 27.5 Å². The average Bonchev–Trinajstić information content (AvgIpc) is 3.36. The Kier molecular flexibility index (Phi) is 7.29. The highest BCUT2D eigenvalue weighted by Gasteiger charge is 2.39. The molecule has 2 heterocycles. The maximum Gasteiger partial charge on any atom is 0.243 e. The molecule has 1 N–H and O–H groups in total. The van der Waals surface area contributed by atoms with Crippen LogP contribution in [0, 0.1) is 0 Å². The largest absolute Gasteiger partial charge is 0.368 e. The topological polar surface area (TPSA) is 90.0 Å². The third kappa shape index (κ3) is 5.36. The summed E-state index contributed by atoms with van der Waals surface area (Å²) in [5.41, 5.74) is 1.16. The van der Waals surface area contributed by atoms with Gasteiger partial charge in [0.15, 0.2) is 0 Å². The molecule has 1 atom stereocenters. The predicted molar refractivity (Wildman–Crippen MR) is 126 cm³/mol. The molecular formula is C24H30N4O4S. The maximum atomic E-state index is 12.9. The SMILES string of the molecule is O=C(NCCC(=O)N1CCN(c2ccccc2)CC1)C1CCCN1S(=O)(=O)c1ccccc1. The number of rotatable bonds is 7. The summed E-state index contributed by atoms with van der Waals surface area (Å²) in [6.07, 6.45) is 1.32. The minimum absolute atomic E-state index is 0.00296. The van der Waals surface area contributed by atoms with Gasteiger partial charge in [-0.05, 0) is 37.1 Å². The molecule has 2 aliphatic heterocycles. The lowest BCUT2D eigenvalue weighted by molar-refractivity contribution is -0.131. The lowest BCUT2D eigenvalue weighted by Crippen LogP contribution is -2.50. The first kappa shape index (κ1) is 23.3. The number of carbonyl (C=O) groups is 2. The number of hydrogen-bond acceptors (Lipinski definition) is 5. The Hall–Kier alpha value is -2.91. The van der Waals surface area contributed by atoms with Crippen LogP contribution in [0.2, 0.25) is 0 Å². The molecule has 0 saturated carbocycles. The van der Waals surface area contributed by atoms with Gasteiger partial charge in [-0.3, -0.25) is 9.59 Å². The van der Waals surface area contributed by atoms with Crippen molar-refractivity contribution in [3.63, 3.8) is 0 Å². The van der Waals surface area contributed by atoms with Crippen molar-refractivity contribution in [2.45, 2.75) is 30.2 Å². The number of amides is 2. The minimum Gasteiger partial charge on any atom is -0.368 e. The Morgan fingerprint density at radius 3 is 2.18 bits per heavy atom. The Labute approximate surface area is 195 Å². The second kappa shape index (κ2) is 10.4. The zero-order chi connectivity index (χ0) is 23.3. The van der Waals surface area contributed by atoms with E-state index in [1.54, 1.807) is 30.3 Å². The van der Waals surface area contributed by atoms with E-state index in [2.05, 4.69) is 22.3 Å². The van der Waals surface area contributed by atoms with E-state index in [-0.39, 0.29) is 29.7 Å². The van der Waals surface area contributed by atoms with Gasteiger partial charge in [0.1, 0.15) is 6.04 Å². The number of sulfonamides is 1. The molecule has 0 bridgehead atoms. The van der Waals surface area contributed by atoms with Gasteiger partial charge in [0, 0.05) is 51.4 Å². The highest BCUT2D eigenvalue weighted by Crippen LogP contribution is 2.26. The van der Waals surface area contributed by atoms with Crippen LogP contribution in [-0.2, 0) is 19.6 Å². The summed E-state index contributed by atoms with van der Waals surface area (Å²) in [5, 5.41) is 2.78. The van der Waals surface area contributed by atoms with Crippen LogP contribution in [0.3, 0.4) is 0 Å². The van der Waals surface area contributed by atoms with Crippen LogP contribution < -0.4 is 10.2 Å². The number of hydrogen-bond donors (Lipinski definition) is 1. The number of nitrogens with zero attached hydrogens (tertiary/aromatic N) is 3. The number of carbonyl (C=O) groups excluding carboxylic acids is 2. The zero-order valence-electron chi connectivity index (χ0n) is 18.6. The Bertz CT molecular complexity index is 1050. The summed E-state index contributed by atoms with van der Waals surface area (Å²) >= 11 is 0. The first-order valence-corrected chi connectivity index (χ1v) is 12.8. The minimum atomic E-state index is -3.73. The molecule has 176 valence electrons. The molecule has 0 spiro atoms. The first-order valence-electron chi connectivity index (χ1n) is 11.4. The number of benzene rings is 2. The smallest absolute Gasteiger partial charge is 0.243 e. The Morgan fingerprint density at radius 2 is 1.52 bits per heavy atom. The van der Waals surface area contributed by atoms with Crippen LogP contribution in [0.4, 0.5) is 5.69 Å². The van der Waals surface area contributed by atoms with Crippen LogP contribution in [0.15, 0.2) is 65.6 Å². The van der Waals surface area contributed by atoms with E-state index in [1.807, 2.05) is 23.1 Å². The summed E-state index contributed by atoms with van der Waals surface area (Å²) in [6.45, 7) is 3.36. The normalized spacial score (nSPS) is 19.5. The molecule has 33 heavy (non-hydrogen) atoms. The molecule has 2 saturated heterocycles. The van der Waals surface area contributed by atoms with Gasteiger partial charge in [-0.2, -0.15) is 4.31 Å². The Balaban J connectivity index is 1.25. The molecule has 2 aromatic rings. The number of piperazine rings is 1. The van der Waals surface area contributed by atoms with E-state index >= 15 is 0 Å². The van der Waals surface area contributed by atoms with E-state index < -0.39 is 16.1 Å². The second-order valence-electron chi connectivity index (χ2n) is 8.33. The third-order valence-electron chi connectivity index (χ3n) is 6.25. The highest BCUT2D eigenvalue weighted by atomic mass is 32.2. The van der Waals surface area contributed by atoms with Gasteiger partial charge < -0.3 is 15.1 Å². The number of anilines is 1. The molecule has 1 unspecified atom stereocenters. The lowest BCUT2D eigenvalue weighted by atomic mass is 10.2. The van der Waals surface area contributed by atoms with Crippen molar-refractivity contribution in [3.8, 4) is 0 Å². The van der Waals surface area contributed by atoms with Gasteiger partial charge in [0.05, 0.1) is 4.90 Å². The van der Waals surface area contributed by atoms with Crippen molar-refractivity contribution in [1.29, 1.82) is 0 Å². The third-order valence-corrected chi connectivity index (χ3v) is 8.17. The Morgan fingerprint density at radius 1 is 0.879 bits per heavy atom. The predicted octanol–water partition coefficient (Wildman–Crippen LogP) is 1.69. The molecule has 2 fully saturated rings. The molecule has 2 amide bonds. The maximum absolute atomic E-state index is 12.9. The van der Waals surface area contributed by atoms with Crippen molar-refractivity contribution < 1.29 is 18.0 Å². The fraction of sp³-hybridized carbons (Fsp3) is 0.417. The van der Waals surface area contributed by atoms with Gasteiger partial charge >= 0.3 is 0 Å². The van der Waals surface area contributed by atoms with E-state index in [0.29, 0.717) is 32.5 Å². The summed E-state index contributed by atoms with van der Waals surface area (Å²) < 4.78 is 27.2. The molecule has 2 aliphatic rings. The van der Waals surface area contributed by atoms with Crippen LogP contribution >= 0.6 is 0 Å². The first-order chi connectivity index (χ1) is 16.0. The molecule has 0 aromatic heterocycles. The fourth-order valence-corrected chi connectivity index (χ4v) is 6.12. The van der Waals surface area contributed by atoms with Crippen LogP contribution in [0.5, 0.6) is 0 Å². The van der Waals surface area contributed by atoms with E-state index in [0.717, 1.165) is 18.8 Å². The molecule has 0 aliphatic carbocycles. The monoisotopic (exact) mass is 470 g/mol. The molecule has 9 heteroatoms. The van der Waals surface area contributed by atoms with Gasteiger partial charge in [-0.1, -0.05) is 36.4 Å². The zero-order valence-corrected chi connectivity index (χ0v) is 19.4. The van der Waals surface area contributed by atoms with Crippen molar-refractivity contribution in [1.82, 2.24) is 14.5 Å². The average molecular weight is 471 g/mol. The molecule has 8 nitrogen and oxygen atoms in total. The van der Waals surface area contributed by atoms with Gasteiger partial charge in [-0.25, -0.2) is 8.42 Å². The number of nitrogens with one attached hydrogen (secondary N) is 1. The van der Waals surface area contributed by atoms with Crippen molar-refractivity contribution in [2.75, 3.05) is 44.2 Å². The van der Waals surface area contributed by atoms with Crippen LogP contribution in [0.1, 0.15) is 19.3 Å². The van der Waals surface area contributed by atoms with Gasteiger partial charge in [-0.15, -0.1) is 0 Å². The van der Waals surface area contributed by atoms with Crippen LogP contribution in [0.25, 0.3) is 0 Å². The molecular weight excluding hydrogens is 440 g/mol. The molecule has 4 rings (SSSR count). The molecule has 0 radical (unpaired) electrons. The van der Waals surface area contributed by atoms with Gasteiger partial charge in [0.25, 0.3) is 0 Å². The standard InChI is InChI=1S/C24H30N4O4S/c29-23(27-18-16-26(17-19-27)20-8-3-1-4-9-20)13-14-25-24(30)22-12-7-15-28(22)33(31,32)21-10-5-2-6-11-21/h1-6,8-11,22H,7,12-19H2,(H,25,30). The van der Waals surface area contributed by atoms with E-state index in [9.17, 15) is 18.0 Å². The second-order valence-corrected chi connectivity index (χ2v) is 10.2. The highest BCUT2D eigenvalue weighted by molar-refractivity contribution is 7.89. The van der Waals surface area contributed by atoms with Gasteiger partial charge in [0.2, 0.25) is 21.8 Å². The molecule has 2 aromatic carbocycles. The quantitative estimate of drug-likeness (QED) is 0.665. The lowest BCUT2D eigenvalue weighted by Gasteiger charge is -2.36. The summed E-state index contributed by atoms with van der Waals surface area (Å²) in [7, 11) is -3.73. The fourth-order valence-electron chi connectivity index (χ4n) is 4.44. The van der Waals surface area contributed by atoms with Crippen molar-refractivity contribution in [2.24, 2.45) is 0 Å². The van der Waals surface area contributed by atoms with E-state index in [4.69, 9.17) is 0 Å². The van der Waals surface area contributed by atoms with Crippen LogP contribution in [-0.4, -0.2) is 74.7 Å². The summed E-state index contributed by atoms with van der Waals surface area (Å²) in [5.74, 6) is -0.336. The summed E-state index contributed by atoms with van der Waals surface area (Å²) in [6, 6.07) is 17.6. The number of para-hydroxylation sites is 1. The van der Waals surface area contributed by atoms with Crippen molar-refractivity contribution in [3.05, 3.63) is 60.7 Å². The van der Waals surface area contributed by atoms with E-state index in [1.165, 1.54) is 4.31 Å². The summed E-state index contributed by atoms with van der Waals surface area (Å²) in [4.78, 5) is 29.6.